The Morgan fingerprint density at radius 1 is 1.35 bits per heavy atom. The van der Waals surface area contributed by atoms with Gasteiger partial charge in [-0.05, 0) is 25.0 Å². The van der Waals surface area contributed by atoms with Gasteiger partial charge in [-0.1, -0.05) is 12.2 Å². The number of carbonyl (C=O) groups excluding carboxylic acids is 1. The van der Waals surface area contributed by atoms with Gasteiger partial charge in [0.15, 0.2) is 11.6 Å². The van der Waals surface area contributed by atoms with Gasteiger partial charge in [0, 0.05) is 11.8 Å². The molecular formula is C11H10F2N2OS. The van der Waals surface area contributed by atoms with Gasteiger partial charge in [0.2, 0.25) is 5.91 Å². The molecule has 1 aromatic carbocycles. The van der Waals surface area contributed by atoms with E-state index in [-0.39, 0.29) is 16.6 Å². The Labute approximate surface area is 102 Å². The summed E-state index contributed by atoms with van der Waals surface area (Å²) < 4.78 is 25.6. The SMILES string of the molecule is NC(=S)C1(C(=O)Nc2ccc(F)c(F)c2)CC1. The maximum absolute atomic E-state index is 12.9. The van der Waals surface area contributed by atoms with Crippen molar-refractivity contribution in [3.63, 3.8) is 0 Å². The van der Waals surface area contributed by atoms with Crippen molar-refractivity contribution in [2.45, 2.75) is 12.8 Å². The van der Waals surface area contributed by atoms with Crippen molar-refractivity contribution in [1.82, 2.24) is 0 Å². The van der Waals surface area contributed by atoms with Gasteiger partial charge in [0.05, 0.1) is 10.4 Å². The van der Waals surface area contributed by atoms with Crippen LogP contribution in [-0.2, 0) is 4.79 Å². The van der Waals surface area contributed by atoms with E-state index >= 15 is 0 Å². The van der Waals surface area contributed by atoms with Crippen LogP contribution in [0.4, 0.5) is 14.5 Å². The van der Waals surface area contributed by atoms with Gasteiger partial charge in [0.25, 0.3) is 0 Å². The number of nitrogens with two attached hydrogens (primary N) is 1. The maximum Gasteiger partial charge on any atom is 0.237 e. The summed E-state index contributed by atoms with van der Waals surface area (Å²) in [6.45, 7) is 0. The Kier molecular flexibility index (Phi) is 2.82. The molecule has 1 amide bonds. The highest BCUT2D eigenvalue weighted by Gasteiger charge is 2.52. The van der Waals surface area contributed by atoms with E-state index in [1.54, 1.807) is 0 Å². The van der Waals surface area contributed by atoms with E-state index in [2.05, 4.69) is 5.32 Å². The minimum Gasteiger partial charge on any atom is -0.392 e. The zero-order chi connectivity index (χ0) is 12.6. The van der Waals surface area contributed by atoms with Gasteiger partial charge in [-0.15, -0.1) is 0 Å². The molecule has 0 radical (unpaired) electrons. The molecule has 1 saturated carbocycles. The third-order valence-electron chi connectivity index (χ3n) is 2.83. The zero-order valence-corrected chi connectivity index (χ0v) is 9.61. The fraction of sp³-hybridized carbons (Fsp3) is 0.273. The quantitative estimate of drug-likeness (QED) is 0.813. The molecule has 2 rings (SSSR count). The van der Waals surface area contributed by atoms with E-state index in [4.69, 9.17) is 18.0 Å². The summed E-state index contributed by atoms with van der Waals surface area (Å²) >= 11 is 4.82. The number of hydrogen-bond donors (Lipinski definition) is 2. The minimum atomic E-state index is -1.01. The van der Waals surface area contributed by atoms with Crippen molar-refractivity contribution in [2.24, 2.45) is 11.1 Å². The van der Waals surface area contributed by atoms with E-state index in [1.165, 1.54) is 6.07 Å². The van der Waals surface area contributed by atoms with Crippen LogP contribution < -0.4 is 11.1 Å². The molecule has 0 bridgehead atoms. The Morgan fingerprint density at radius 2 is 2.00 bits per heavy atom. The first kappa shape index (κ1) is 11.9. The lowest BCUT2D eigenvalue weighted by atomic mass is 10.1. The fourth-order valence-electron chi connectivity index (χ4n) is 1.53. The van der Waals surface area contributed by atoms with Gasteiger partial charge in [-0.25, -0.2) is 8.78 Å². The lowest BCUT2D eigenvalue weighted by Crippen LogP contribution is -2.35. The van der Waals surface area contributed by atoms with Crippen LogP contribution in [0.15, 0.2) is 18.2 Å². The predicted octanol–water partition coefficient (Wildman–Crippen LogP) is 1.97. The Morgan fingerprint density at radius 3 is 2.47 bits per heavy atom. The third kappa shape index (κ3) is 2.12. The topological polar surface area (TPSA) is 55.1 Å². The van der Waals surface area contributed by atoms with Gasteiger partial charge in [-0.2, -0.15) is 0 Å². The molecule has 0 heterocycles. The van der Waals surface area contributed by atoms with Gasteiger partial charge >= 0.3 is 0 Å². The maximum atomic E-state index is 12.9. The molecule has 17 heavy (non-hydrogen) atoms. The number of thiocarbonyl (C=S) groups is 1. The van der Waals surface area contributed by atoms with Crippen LogP contribution in [0.2, 0.25) is 0 Å². The predicted molar refractivity (Wildman–Crippen MR) is 63.4 cm³/mol. The molecule has 0 unspecified atom stereocenters. The summed E-state index contributed by atoms with van der Waals surface area (Å²) in [5.41, 5.74) is 4.86. The van der Waals surface area contributed by atoms with E-state index in [0.717, 1.165) is 12.1 Å². The molecule has 1 aromatic rings. The summed E-state index contributed by atoms with van der Waals surface area (Å²) in [4.78, 5) is 12.0. The average molecular weight is 256 g/mol. The third-order valence-corrected chi connectivity index (χ3v) is 3.22. The van der Waals surface area contributed by atoms with Crippen molar-refractivity contribution in [3.8, 4) is 0 Å². The molecule has 0 spiro atoms. The normalized spacial score (nSPS) is 16.4. The Balaban J connectivity index is 2.14. The molecule has 1 aliphatic rings. The van der Waals surface area contributed by atoms with Crippen LogP contribution in [0.1, 0.15) is 12.8 Å². The largest absolute Gasteiger partial charge is 0.392 e. The second-order valence-corrected chi connectivity index (χ2v) is 4.47. The summed E-state index contributed by atoms with van der Waals surface area (Å²) in [7, 11) is 0. The number of hydrogen-bond acceptors (Lipinski definition) is 2. The number of amides is 1. The number of nitrogens with one attached hydrogen (secondary N) is 1. The van der Waals surface area contributed by atoms with E-state index in [0.29, 0.717) is 12.8 Å². The van der Waals surface area contributed by atoms with Gasteiger partial charge in [-0.3, -0.25) is 4.79 Å². The summed E-state index contributed by atoms with van der Waals surface area (Å²) in [5.74, 6) is -2.34. The lowest BCUT2D eigenvalue weighted by Gasteiger charge is -2.13. The summed E-state index contributed by atoms with van der Waals surface area (Å²) in [5, 5.41) is 2.48. The number of carbonyl (C=O) groups is 1. The molecule has 6 heteroatoms. The molecule has 90 valence electrons. The second-order valence-electron chi connectivity index (χ2n) is 4.03. The average Bonchev–Trinajstić information content (AvgIpc) is 3.04. The van der Waals surface area contributed by atoms with Crippen molar-refractivity contribution in [1.29, 1.82) is 0 Å². The monoisotopic (exact) mass is 256 g/mol. The van der Waals surface area contributed by atoms with E-state index < -0.39 is 17.0 Å². The molecule has 1 fully saturated rings. The zero-order valence-electron chi connectivity index (χ0n) is 8.80. The first-order chi connectivity index (χ1) is 7.95. The van der Waals surface area contributed by atoms with Gasteiger partial charge in [0.1, 0.15) is 0 Å². The number of anilines is 1. The molecule has 0 saturated heterocycles. The van der Waals surface area contributed by atoms with Gasteiger partial charge < -0.3 is 11.1 Å². The molecule has 3 N–H and O–H groups in total. The number of rotatable bonds is 3. The Hall–Kier alpha value is -1.56. The van der Waals surface area contributed by atoms with Crippen molar-refractivity contribution < 1.29 is 13.6 Å². The number of benzene rings is 1. The molecule has 1 aliphatic carbocycles. The first-order valence-electron chi connectivity index (χ1n) is 5.02. The highest BCUT2D eigenvalue weighted by Crippen LogP contribution is 2.46. The van der Waals surface area contributed by atoms with Crippen LogP contribution >= 0.6 is 12.2 Å². The van der Waals surface area contributed by atoms with E-state index in [1.807, 2.05) is 0 Å². The van der Waals surface area contributed by atoms with Crippen LogP contribution in [0.3, 0.4) is 0 Å². The summed E-state index contributed by atoms with van der Waals surface area (Å²) in [6, 6.07) is 3.15. The molecule has 0 aliphatic heterocycles. The molecule has 3 nitrogen and oxygen atoms in total. The highest BCUT2D eigenvalue weighted by molar-refractivity contribution is 7.80. The van der Waals surface area contributed by atoms with E-state index in [9.17, 15) is 13.6 Å². The molecule has 0 aromatic heterocycles. The Bertz CT molecular complexity index is 500. The summed E-state index contributed by atoms with van der Waals surface area (Å²) in [6.07, 6.45) is 1.19. The van der Waals surface area contributed by atoms with Crippen molar-refractivity contribution in [3.05, 3.63) is 29.8 Å². The van der Waals surface area contributed by atoms with Crippen molar-refractivity contribution in [2.75, 3.05) is 5.32 Å². The molecular weight excluding hydrogens is 246 g/mol. The molecule has 0 atom stereocenters. The highest BCUT2D eigenvalue weighted by atomic mass is 32.1. The van der Waals surface area contributed by atoms with Crippen molar-refractivity contribution >= 4 is 28.8 Å². The minimum absolute atomic E-state index is 0.137. The first-order valence-corrected chi connectivity index (χ1v) is 5.43. The fourth-order valence-corrected chi connectivity index (χ4v) is 1.83. The van der Waals surface area contributed by atoms with Crippen LogP contribution in [0, 0.1) is 17.0 Å². The standard InChI is InChI=1S/C11H10F2N2OS/c12-7-2-1-6(5-8(7)13)15-10(16)11(3-4-11)9(14)17/h1-2,5H,3-4H2,(H2,14,17)(H,15,16). The van der Waals surface area contributed by atoms with Crippen LogP contribution in [0.25, 0.3) is 0 Å². The van der Waals surface area contributed by atoms with Crippen LogP contribution in [0.5, 0.6) is 0 Å². The smallest absolute Gasteiger partial charge is 0.237 e. The van der Waals surface area contributed by atoms with Crippen LogP contribution in [-0.4, -0.2) is 10.9 Å². The second kappa shape index (κ2) is 4.03. The lowest BCUT2D eigenvalue weighted by molar-refractivity contribution is -0.118. The number of halogens is 2.